The van der Waals surface area contributed by atoms with Gasteiger partial charge in [-0.3, -0.25) is 4.79 Å². The van der Waals surface area contributed by atoms with Crippen molar-refractivity contribution in [3.63, 3.8) is 0 Å². The molecule has 27 heavy (non-hydrogen) atoms. The SMILES string of the molecule is CC(C)(C)C1CCC(NC(=O)c2cnc3nc(C4CCC4)ccc3c2)CC1. The Morgan fingerprint density at radius 3 is 2.44 bits per heavy atom. The molecule has 2 aromatic heterocycles. The van der Waals surface area contributed by atoms with Crippen molar-refractivity contribution >= 4 is 16.9 Å². The maximum atomic E-state index is 12.7. The number of aromatic nitrogens is 2. The maximum absolute atomic E-state index is 12.7. The molecule has 4 rings (SSSR count). The first kappa shape index (κ1) is 18.4. The molecule has 2 heterocycles. The fourth-order valence-electron chi connectivity index (χ4n) is 4.45. The van der Waals surface area contributed by atoms with E-state index in [1.807, 2.05) is 6.07 Å². The first-order valence-electron chi connectivity index (χ1n) is 10.5. The fraction of sp³-hybridized carbons (Fsp3) is 0.609. The summed E-state index contributed by atoms with van der Waals surface area (Å²) in [6.07, 6.45) is 9.97. The molecule has 2 aliphatic rings. The summed E-state index contributed by atoms with van der Waals surface area (Å²) in [6.45, 7) is 6.96. The molecule has 0 saturated heterocycles. The number of hydrogen-bond acceptors (Lipinski definition) is 3. The van der Waals surface area contributed by atoms with E-state index >= 15 is 0 Å². The third kappa shape index (κ3) is 3.99. The van der Waals surface area contributed by atoms with Crippen LogP contribution in [-0.2, 0) is 0 Å². The van der Waals surface area contributed by atoms with Gasteiger partial charge in [0, 0.05) is 29.2 Å². The number of rotatable bonds is 3. The molecule has 0 atom stereocenters. The van der Waals surface area contributed by atoms with E-state index in [4.69, 9.17) is 4.98 Å². The van der Waals surface area contributed by atoms with E-state index in [0.29, 0.717) is 16.9 Å². The standard InChI is InChI=1S/C23H31N3O/c1-23(2,3)18-8-10-19(11-9-18)25-22(27)17-13-16-7-12-20(15-5-4-6-15)26-21(16)24-14-17/h7,12-15,18-19H,4-6,8-11H2,1-3H3,(H,25,27). The lowest BCUT2D eigenvalue weighted by Crippen LogP contribution is -2.39. The van der Waals surface area contributed by atoms with Crippen LogP contribution >= 0.6 is 0 Å². The molecule has 4 heteroatoms. The summed E-state index contributed by atoms with van der Waals surface area (Å²) in [7, 11) is 0. The number of carbonyl (C=O) groups excluding carboxylic acids is 1. The smallest absolute Gasteiger partial charge is 0.253 e. The molecule has 0 aliphatic heterocycles. The van der Waals surface area contributed by atoms with E-state index in [9.17, 15) is 4.79 Å². The molecule has 2 fully saturated rings. The molecule has 144 valence electrons. The summed E-state index contributed by atoms with van der Waals surface area (Å²) < 4.78 is 0. The zero-order chi connectivity index (χ0) is 19.0. The zero-order valence-corrected chi connectivity index (χ0v) is 16.8. The van der Waals surface area contributed by atoms with Crippen molar-refractivity contribution in [1.29, 1.82) is 0 Å². The van der Waals surface area contributed by atoms with E-state index in [-0.39, 0.29) is 11.9 Å². The molecule has 0 aromatic carbocycles. The van der Waals surface area contributed by atoms with E-state index in [0.717, 1.165) is 35.5 Å². The Bertz CT molecular complexity index is 827. The van der Waals surface area contributed by atoms with E-state index in [2.05, 4.69) is 43.2 Å². The third-order valence-corrected chi connectivity index (χ3v) is 6.64. The summed E-state index contributed by atoms with van der Waals surface area (Å²) in [5, 5.41) is 4.17. The quantitative estimate of drug-likeness (QED) is 0.810. The number of nitrogens with zero attached hydrogens (tertiary/aromatic N) is 2. The van der Waals surface area contributed by atoms with E-state index in [1.54, 1.807) is 6.20 Å². The number of amides is 1. The normalized spacial score (nSPS) is 23.8. The molecular weight excluding hydrogens is 334 g/mol. The Morgan fingerprint density at radius 1 is 1.07 bits per heavy atom. The van der Waals surface area contributed by atoms with Gasteiger partial charge in [0.15, 0.2) is 5.65 Å². The second-order valence-electron chi connectivity index (χ2n) is 9.52. The molecule has 2 aromatic rings. The second-order valence-corrected chi connectivity index (χ2v) is 9.52. The molecule has 0 spiro atoms. The Balaban J connectivity index is 1.41. The molecule has 1 N–H and O–H groups in total. The Labute approximate surface area is 162 Å². The number of carbonyl (C=O) groups is 1. The van der Waals surface area contributed by atoms with Crippen LogP contribution in [0.15, 0.2) is 24.4 Å². The van der Waals surface area contributed by atoms with Crippen LogP contribution in [0.1, 0.15) is 87.7 Å². The van der Waals surface area contributed by atoms with Crippen molar-refractivity contribution in [1.82, 2.24) is 15.3 Å². The van der Waals surface area contributed by atoms with Gasteiger partial charge < -0.3 is 5.32 Å². The molecule has 2 saturated carbocycles. The monoisotopic (exact) mass is 365 g/mol. The average molecular weight is 366 g/mol. The van der Waals surface area contributed by atoms with Crippen molar-refractivity contribution < 1.29 is 4.79 Å². The lowest BCUT2D eigenvalue weighted by molar-refractivity contribution is 0.0904. The van der Waals surface area contributed by atoms with E-state index in [1.165, 1.54) is 32.1 Å². The van der Waals surface area contributed by atoms with Crippen LogP contribution in [0, 0.1) is 11.3 Å². The van der Waals surface area contributed by atoms with Gasteiger partial charge in [-0.05, 0) is 68.1 Å². The van der Waals surface area contributed by atoms with Gasteiger partial charge in [-0.15, -0.1) is 0 Å². The Kier molecular flexibility index (Phi) is 4.92. The van der Waals surface area contributed by atoms with Crippen molar-refractivity contribution in [2.45, 2.75) is 77.7 Å². The maximum Gasteiger partial charge on any atom is 0.253 e. The van der Waals surface area contributed by atoms with Gasteiger partial charge in [0.05, 0.1) is 5.56 Å². The van der Waals surface area contributed by atoms with Gasteiger partial charge in [0.1, 0.15) is 0 Å². The van der Waals surface area contributed by atoms with Gasteiger partial charge in [-0.1, -0.05) is 27.2 Å². The highest BCUT2D eigenvalue weighted by Crippen LogP contribution is 2.38. The average Bonchev–Trinajstić information content (AvgIpc) is 2.59. The molecule has 0 radical (unpaired) electrons. The van der Waals surface area contributed by atoms with Crippen LogP contribution in [0.4, 0.5) is 0 Å². The highest BCUT2D eigenvalue weighted by molar-refractivity contribution is 5.97. The minimum Gasteiger partial charge on any atom is -0.349 e. The summed E-state index contributed by atoms with van der Waals surface area (Å²) in [5.74, 6) is 1.35. The fourth-order valence-corrected chi connectivity index (χ4v) is 4.45. The molecule has 0 bridgehead atoms. The van der Waals surface area contributed by atoms with Crippen LogP contribution in [0.2, 0.25) is 0 Å². The van der Waals surface area contributed by atoms with Crippen molar-refractivity contribution in [3.8, 4) is 0 Å². The largest absolute Gasteiger partial charge is 0.349 e. The van der Waals surface area contributed by atoms with Crippen LogP contribution in [0.3, 0.4) is 0 Å². The first-order chi connectivity index (χ1) is 12.9. The minimum atomic E-state index is -0.00771. The summed E-state index contributed by atoms with van der Waals surface area (Å²) >= 11 is 0. The van der Waals surface area contributed by atoms with Gasteiger partial charge in [0.25, 0.3) is 5.91 Å². The lowest BCUT2D eigenvalue weighted by Gasteiger charge is -2.37. The van der Waals surface area contributed by atoms with Crippen LogP contribution in [0.25, 0.3) is 11.0 Å². The summed E-state index contributed by atoms with van der Waals surface area (Å²) in [6, 6.07) is 6.37. The number of nitrogens with one attached hydrogen (secondary N) is 1. The van der Waals surface area contributed by atoms with Crippen molar-refractivity contribution in [3.05, 3.63) is 35.7 Å². The van der Waals surface area contributed by atoms with Gasteiger partial charge in [-0.2, -0.15) is 0 Å². The summed E-state index contributed by atoms with van der Waals surface area (Å²) in [5.41, 5.74) is 2.90. The summed E-state index contributed by atoms with van der Waals surface area (Å²) in [4.78, 5) is 21.9. The lowest BCUT2D eigenvalue weighted by atomic mass is 9.71. The third-order valence-electron chi connectivity index (χ3n) is 6.64. The first-order valence-corrected chi connectivity index (χ1v) is 10.5. The van der Waals surface area contributed by atoms with Crippen molar-refractivity contribution in [2.24, 2.45) is 11.3 Å². The minimum absolute atomic E-state index is 0.00771. The van der Waals surface area contributed by atoms with Crippen LogP contribution < -0.4 is 5.32 Å². The topological polar surface area (TPSA) is 54.9 Å². The van der Waals surface area contributed by atoms with Crippen LogP contribution in [0.5, 0.6) is 0 Å². The predicted molar refractivity (Wildman–Crippen MR) is 109 cm³/mol. The van der Waals surface area contributed by atoms with Crippen molar-refractivity contribution in [2.75, 3.05) is 0 Å². The Morgan fingerprint density at radius 2 is 1.81 bits per heavy atom. The van der Waals surface area contributed by atoms with Gasteiger partial charge in [-0.25, -0.2) is 9.97 Å². The predicted octanol–water partition coefficient (Wildman–Crippen LogP) is 5.23. The zero-order valence-electron chi connectivity index (χ0n) is 16.8. The molecular formula is C23H31N3O. The van der Waals surface area contributed by atoms with Gasteiger partial charge >= 0.3 is 0 Å². The van der Waals surface area contributed by atoms with E-state index < -0.39 is 0 Å². The highest BCUT2D eigenvalue weighted by atomic mass is 16.1. The van der Waals surface area contributed by atoms with Gasteiger partial charge in [0.2, 0.25) is 0 Å². The van der Waals surface area contributed by atoms with Crippen LogP contribution in [-0.4, -0.2) is 21.9 Å². The Hall–Kier alpha value is -1.97. The second kappa shape index (κ2) is 7.21. The molecule has 0 unspecified atom stereocenters. The number of pyridine rings is 2. The number of hydrogen-bond donors (Lipinski definition) is 1. The number of fused-ring (bicyclic) bond motifs is 1. The molecule has 4 nitrogen and oxygen atoms in total. The highest BCUT2D eigenvalue weighted by Gasteiger charge is 2.30. The molecule has 1 amide bonds. The molecule has 2 aliphatic carbocycles.